The third kappa shape index (κ3) is 2.74. The van der Waals surface area contributed by atoms with Crippen LogP contribution in [0.4, 0.5) is 5.69 Å². The van der Waals surface area contributed by atoms with Gasteiger partial charge in [-0.05, 0) is 30.5 Å². The second-order valence-corrected chi connectivity index (χ2v) is 6.58. The van der Waals surface area contributed by atoms with E-state index in [1.807, 2.05) is 36.6 Å². The van der Waals surface area contributed by atoms with Crippen LogP contribution in [-0.2, 0) is 9.59 Å². The van der Waals surface area contributed by atoms with Crippen molar-refractivity contribution in [2.75, 3.05) is 25.1 Å². The number of nitrogens with zero attached hydrogens (tertiary/aromatic N) is 2. The molecule has 2 aromatic rings. The number of imide groups is 1. The van der Waals surface area contributed by atoms with Crippen molar-refractivity contribution >= 4 is 34.4 Å². The molecule has 1 aromatic heterocycles. The number of amides is 2. The number of aliphatic hydroxyl groups is 1. The summed E-state index contributed by atoms with van der Waals surface area (Å²) in [6.07, 6.45) is 0. The maximum absolute atomic E-state index is 13.0. The maximum atomic E-state index is 13.0. The van der Waals surface area contributed by atoms with E-state index in [2.05, 4.69) is 0 Å². The molecule has 0 spiro atoms. The zero-order valence-corrected chi connectivity index (χ0v) is 14.3. The molecular weight excluding hydrogens is 324 g/mol. The summed E-state index contributed by atoms with van der Waals surface area (Å²) in [4.78, 5) is 29.5. The van der Waals surface area contributed by atoms with Gasteiger partial charge in [0.2, 0.25) is 0 Å². The summed E-state index contributed by atoms with van der Waals surface area (Å²) in [5, 5.41) is 11.1. The number of carbonyl (C=O) groups excluding carboxylic acids is 2. The normalized spacial score (nSPS) is 14.7. The van der Waals surface area contributed by atoms with Crippen molar-refractivity contribution in [2.45, 2.75) is 6.92 Å². The average Bonchev–Trinajstić information content (AvgIpc) is 3.15. The molecule has 3 rings (SSSR count). The molecule has 0 aliphatic carbocycles. The Morgan fingerprint density at radius 2 is 1.83 bits per heavy atom. The summed E-state index contributed by atoms with van der Waals surface area (Å²) in [5.74, 6) is -0.686. The summed E-state index contributed by atoms with van der Waals surface area (Å²) in [6, 6.07) is 11.0. The second kappa shape index (κ2) is 6.59. The molecule has 2 heterocycles. The summed E-state index contributed by atoms with van der Waals surface area (Å²) in [5.41, 5.74) is 2.34. The van der Waals surface area contributed by atoms with E-state index in [-0.39, 0.29) is 25.0 Å². The SMILES string of the molecule is Cc1ccc(N2C(=O)C(c3cccs3)=C(N(C)CCO)C2=O)cc1. The minimum absolute atomic E-state index is 0.0935. The number of hydrogen-bond donors (Lipinski definition) is 1. The fraction of sp³-hybridized carbons (Fsp3) is 0.222. The summed E-state index contributed by atoms with van der Waals surface area (Å²) < 4.78 is 0. The third-order valence-corrected chi connectivity index (χ3v) is 4.82. The van der Waals surface area contributed by atoms with Crippen LogP contribution in [0.15, 0.2) is 47.5 Å². The molecule has 124 valence electrons. The molecule has 0 unspecified atom stereocenters. The molecule has 2 amide bonds. The Kier molecular flexibility index (Phi) is 4.51. The van der Waals surface area contributed by atoms with Crippen molar-refractivity contribution in [2.24, 2.45) is 0 Å². The zero-order valence-electron chi connectivity index (χ0n) is 13.5. The lowest BCUT2D eigenvalue weighted by Crippen LogP contribution is -2.34. The van der Waals surface area contributed by atoms with Crippen LogP contribution < -0.4 is 4.90 Å². The molecule has 0 bridgehead atoms. The molecule has 1 aliphatic heterocycles. The Balaban J connectivity index is 2.08. The van der Waals surface area contributed by atoms with Gasteiger partial charge in [0, 0.05) is 18.5 Å². The molecule has 0 atom stereocenters. The molecule has 0 radical (unpaired) electrons. The fourth-order valence-electron chi connectivity index (χ4n) is 2.71. The van der Waals surface area contributed by atoms with Crippen LogP contribution in [0.2, 0.25) is 0 Å². The zero-order chi connectivity index (χ0) is 17.3. The van der Waals surface area contributed by atoms with Crippen molar-refractivity contribution in [3.05, 3.63) is 57.9 Å². The number of hydrogen-bond acceptors (Lipinski definition) is 5. The van der Waals surface area contributed by atoms with Gasteiger partial charge in [-0.15, -0.1) is 11.3 Å². The first-order chi connectivity index (χ1) is 11.5. The minimum Gasteiger partial charge on any atom is -0.395 e. The van der Waals surface area contributed by atoms with Gasteiger partial charge in [-0.1, -0.05) is 23.8 Å². The van der Waals surface area contributed by atoms with Gasteiger partial charge in [0.1, 0.15) is 5.70 Å². The molecule has 0 fully saturated rings. The molecule has 0 saturated heterocycles. The van der Waals surface area contributed by atoms with Crippen LogP contribution in [-0.4, -0.2) is 42.0 Å². The monoisotopic (exact) mass is 342 g/mol. The van der Waals surface area contributed by atoms with Crippen molar-refractivity contribution in [1.82, 2.24) is 4.90 Å². The minimum atomic E-state index is -0.358. The number of benzene rings is 1. The van der Waals surface area contributed by atoms with Gasteiger partial charge < -0.3 is 10.0 Å². The second-order valence-electron chi connectivity index (χ2n) is 5.63. The van der Waals surface area contributed by atoms with Crippen LogP contribution in [0.3, 0.4) is 0 Å². The molecule has 0 saturated carbocycles. The molecule has 1 aliphatic rings. The highest BCUT2D eigenvalue weighted by Gasteiger charge is 2.41. The Morgan fingerprint density at radius 1 is 1.12 bits per heavy atom. The predicted molar refractivity (Wildman–Crippen MR) is 94.6 cm³/mol. The van der Waals surface area contributed by atoms with Crippen LogP contribution in [0.25, 0.3) is 5.57 Å². The van der Waals surface area contributed by atoms with E-state index in [4.69, 9.17) is 0 Å². The topological polar surface area (TPSA) is 60.9 Å². The van der Waals surface area contributed by atoms with Gasteiger partial charge in [-0.2, -0.15) is 0 Å². The van der Waals surface area contributed by atoms with Crippen molar-refractivity contribution < 1.29 is 14.7 Å². The van der Waals surface area contributed by atoms with E-state index < -0.39 is 0 Å². The number of aliphatic hydroxyl groups excluding tert-OH is 1. The van der Waals surface area contributed by atoms with E-state index in [1.54, 1.807) is 24.1 Å². The van der Waals surface area contributed by atoms with E-state index >= 15 is 0 Å². The highest BCUT2D eigenvalue weighted by atomic mass is 32.1. The van der Waals surface area contributed by atoms with Gasteiger partial charge in [0.15, 0.2) is 0 Å². The van der Waals surface area contributed by atoms with Gasteiger partial charge in [-0.3, -0.25) is 9.59 Å². The molecule has 5 nitrogen and oxygen atoms in total. The maximum Gasteiger partial charge on any atom is 0.282 e. The Hall–Kier alpha value is -2.44. The number of carbonyl (C=O) groups is 2. The summed E-state index contributed by atoms with van der Waals surface area (Å²) >= 11 is 1.42. The van der Waals surface area contributed by atoms with E-state index in [9.17, 15) is 14.7 Å². The van der Waals surface area contributed by atoms with Crippen molar-refractivity contribution in [3.63, 3.8) is 0 Å². The first-order valence-electron chi connectivity index (χ1n) is 7.60. The molecule has 1 aromatic carbocycles. The highest BCUT2D eigenvalue weighted by Crippen LogP contribution is 2.35. The molecule has 6 heteroatoms. The standard InChI is InChI=1S/C18H18N2O3S/c1-12-5-7-13(8-6-12)20-17(22)15(14-4-3-11-24-14)16(18(20)23)19(2)9-10-21/h3-8,11,21H,9-10H2,1-2H3. The number of anilines is 1. The average molecular weight is 342 g/mol. The highest BCUT2D eigenvalue weighted by molar-refractivity contribution is 7.11. The number of thiophene rings is 1. The van der Waals surface area contributed by atoms with E-state index in [0.29, 0.717) is 17.0 Å². The van der Waals surface area contributed by atoms with Gasteiger partial charge in [0.25, 0.3) is 11.8 Å². The lowest BCUT2D eigenvalue weighted by Gasteiger charge is -2.20. The molecule has 24 heavy (non-hydrogen) atoms. The van der Waals surface area contributed by atoms with Crippen LogP contribution in [0, 0.1) is 6.92 Å². The van der Waals surface area contributed by atoms with Gasteiger partial charge >= 0.3 is 0 Å². The smallest absolute Gasteiger partial charge is 0.282 e. The number of likely N-dealkylation sites (N-methyl/N-ethyl adjacent to an activating group) is 1. The molecule has 1 N–H and O–H groups in total. The van der Waals surface area contributed by atoms with Gasteiger partial charge in [-0.25, -0.2) is 4.90 Å². The van der Waals surface area contributed by atoms with Crippen LogP contribution >= 0.6 is 11.3 Å². The molecular formula is C18H18N2O3S. The quantitative estimate of drug-likeness (QED) is 0.847. The first kappa shape index (κ1) is 16.4. The Bertz CT molecular complexity index is 794. The van der Waals surface area contributed by atoms with Crippen LogP contribution in [0.5, 0.6) is 0 Å². The number of aryl methyl sites for hydroxylation is 1. The largest absolute Gasteiger partial charge is 0.395 e. The lowest BCUT2D eigenvalue weighted by molar-refractivity contribution is -0.120. The lowest BCUT2D eigenvalue weighted by atomic mass is 10.1. The Labute approximate surface area is 144 Å². The predicted octanol–water partition coefficient (Wildman–Crippen LogP) is 2.27. The Morgan fingerprint density at radius 3 is 2.42 bits per heavy atom. The summed E-state index contributed by atoms with van der Waals surface area (Å²) in [6.45, 7) is 2.14. The van der Waals surface area contributed by atoms with E-state index in [1.165, 1.54) is 16.2 Å². The van der Waals surface area contributed by atoms with Crippen molar-refractivity contribution in [1.29, 1.82) is 0 Å². The fourth-order valence-corrected chi connectivity index (χ4v) is 3.47. The first-order valence-corrected chi connectivity index (χ1v) is 8.48. The van der Waals surface area contributed by atoms with Gasteiger partial charge in [0.05, 0.1) is 17.9 Å². The van der Waals surface area contributed by atoms with E-state index in [0.717, 1.165) is 10.4 Å². The van der Waals surface area contributed by atoms with Crippen molar-refractivity contribution in [3.8, 4) is 0 Å². The summed E-state index contributed by atoms with van der Waals surface area (Å²) in [7, 11) is 1.71. The third-order valence-electron chi connectivity index (χ3n) is 3.94. The number of rotatable bonds is 5. The van der Waals surface area contributed by atoms with Crippen LogP contribution in [0.1, 0.15) is 10.4 Å².